The maximum atomic E-state index is 12.6. The van der Waals surface area contributed by atoms with Crippen molar-refractivity contribution < 1.29 is 17.9 Å². The second kappa shape index (κ2) is 11.6. The van der Waals surface area contributed by atoms with Crippen LogP contribution in [0.2, 0.25) is 0 Å². The van der Waals surface area contributed by atoms with E-state index < -0.39 is 16.9 Å². The number of nitrogens with zero attached hydrogens (tertiary/aromatic N) is 7. The molecule has 0 saturated carbocycles. The van der Waals surface area contributed by atoms with E-state index in [0.29, 0.717) is 42.9 Å². The zero-order valence-electron chi connectivity index (χ0n) is 23.5. The first-order valence-electron chi connectivity index (χ1n) is 13.2. The van der Waals surface area contributed by atoms with Gasteiger partial charge in [0.15, 0.2) is 5.65 Å². The van der Waals surface area contributed by atoms with Crippen molar-refractivity contribution >= 4 is 22.9 Å². The van der Waals surface area contributed by atoms with Crippen LogP contribution in [0.15, 0.2) is 18.6 Å². The Morgan fingerprint density at radius 1 is 1.24 bits per heavy atom. The number of hydrogen-bond acceptors (Lipinski definition) is 9. The second-order valence-corrected chi connectivity index (χ2v) is 12.0. The number of piperidine rings is 1. The van der Waals surface area contributed by atoms with Gasteiger partial charge in [0, 0.05) is 37.5 Å². The highest BCUT2D eigenvalue weighted by Crippen LogP contribution is 2.30. The van der Waals surface area contributed by atoms with E-state index in [-0.39, 0.29) is 24.3 Å². The topological polar surface area (TPSA) is 121 Å². The smallest absolute Gasteiger partial charge is 0.244 e. The maximum absolute atomic E-state index is 12.6. The molecule has 12 nitrogen and oxygen atoms in total. The van der Waals surface area contributed by atoms with E-state index in [9.17, 15) is 4.21 Å². The first-order chi connectivity index (χ1) is 17.9. The van der Waals surface area contributed by atoms with Crippen LogP contribution in [-0.4, -0.2) is 75.3 Å². The SMILES string of the molecule is CCOC(C)n1cc(-c2ncc3nc(N[C@H]4CCN(S(=O)OC(C)(C)C)C[C@H]4C)nn3c2OC(C)C)cn1. The highest BCUT2D eigenvalue weighted by atomic mass is 32.2. The Morgan fingerprint density at radius 2 is 2.00 bits per heavy atom. The first kappa shape index (κ1) is 28.4. The second-order valence-electron chi connectivity index (χ2n) is 10.9. The number of hydrogen-bond donors (Lipinski definition) is 1. The van der Waals surface area contributed by atoms with E-state index in [1.807, 2.05) is 59.0 Å². The van der Waals surface area contributed by atoms with E-state index in [2.05, 4.69) is 27.3 Å². The first-order valence-corrected chi connectivity index (χ1v) is 14.2. The molecule has 3 aromatic heterocycles. The van der Waals surface area contributed by atoms with Crippen LogP contribution in [0.25, 0.3) is 16.9 Å². The van der Waals surface area contributed by atoms with Crippen LogP contribution in [0, 0.1) is 5.92 Å². The quantitative estimate of drug-likeness (QED) is 0.403. The molecular formula is C25H40N8O4S. The minimum Gasteiger partial charge on any atom is -0.473 e. The predicted molar refractivity (Wildman–Crippen MR) is 146 cm³/mol. The number of aromatic nitrogens is 6. The maximum Gasteiger partial charge on any atom is 0.244 e. The molecule has 1 aliphatic heterocycles. The van der Waals surface area contributed by atoms with Crippen molar-refractivity contribution in [1.82, 2.24) is 33.7 Å². The van der Waals surface area contributed by atoms with Gasteiger partial charge in [0.25, 0.3) is 0 Å². The molecule has 4 heterocycles. The van der Waals surface area contributed by atoms with Crippen molar-refractivity contribution in [3.8, 4) is 17.1 Å². The molecule has 0 spiro atoms. The minimum atomic E-state index is -1.47. The molecule has 4 atom stereocenters. The summed E-state index contributed by atoms with van der Waals surface area (Å²) in [6, 6.07) is 0.121. The Labute approximate surface area is 226 Å². The van der Waals surface area contributed by atoms with Crippen LogP contribution in [0.4, 0.5) is 5.95 Å². The average molecular weight is 549 g/mol. The van der Waals surface area contributed by atoms with E-state index in [0.717, 1.165) is 12.0 Å². The standard InChI is InChI=1S/C25H40N8O4S/c1-9-35-18(5)32-15-19(12-27-32)22-23(36-16(2)3)33-21(13-26-22)29-24(30-33)28-20-10-11-31(14-17(20)4)38(34)37-25(6,7)8/h12-13,15-18,20H,9-11,14H2,1-8H3,(H,28,30)/t17-,18?,20+,38?/m1/s1. The summed E-state index contributed by atoms with van der Waals surface area (Å²) in [7, 11) is 0. The fourth-order valence-corrected chi connectivity index (χ4v) is 5.43. The molecule has 1 fully saturated rings. The van der Waals surface area contributed by atoms with Gasteiger partial charge < -0.3 is 14.8 Å². The molecule has 1 aliphatic rings. The fraction of sp³-hybridized carbons (Fsp3) is 0.680. The largest absolute Gasteiger partial charge is 0.473 e. The van der Waals surface area contributed by atoms with Crippen molar-refractivity contribution in [3.63, 3.8) is 0 Å². The van der Waals surface area contributed by atoms with E-state index in [1.165, 1.54) is 0 Å². The molecule has 0 radical (unpaired) electrons. The van der Waals surface area contributed by atoms with Crippen molar-refractivity contribution in [1.29, 1.82) is 0 Å². The third-order valence-corrected chi connectivity index (χ3v) is 7.45. The monoisotopic (exact) mass is 548 g/mol. The van der Waals surface area contributed by atoms with Gasteiger partial charge in [-0.25, -0.2) is 18.2 Å². The fourth-order valence-electron chi connectivity index (χ4n) is 4.29. The molecule has 4 rings (SSSR count). The number of ether oxygens (including phenoxy) is 2. The van der Waals surface area contributed by atoms with Crippen molar-refractivity contribution in [2.24, 2.45) is 5.92 Å². The van der Waals surface area contributed by atoms with E-state index >= 15 is 0 Å². The van der Waals surface area contributed by atoms with Gasteiger partial charge in [-0.15, -0.1) is 5.10 Å². The molecule has 3 aromatic rings. The van der Waals surface area contributed by atoms with Gasteiger partial charge in [0.05, 0.1) is 24.1 Å². The molecular weight excluding hydrogens is 508 g/mol. The Bertz CT molecular complexity index is 1250. The highest BCUT2D eigenvalue weighted by molar-refractivity contribution is 7.77. The summed E-state index contributed by atoms with van der Waals surface area (Å²) in [5.41, 5.74) is 1.53. The highest BCUT2D eigenvalue weighted by Gasteiger charge is 2.32. The third kappa shape index (κ3) is 6.68. The van der Waals surface area contributed by atoms with Crippen LogP contribution >= 0.6 is 0 Å². The van der Waals surface area contributed by atoms with Crippen molar-refractivity contribution in [2.75, 3.05) is 25.0 Å². The lowest BCUT2D eigenvalue weighted by atomic mass is 9.95. The summed E-state index contributed by atoms with van der Waals surface area (Å²) in [6.45, 7) is 17.5. The van der Waals surface area contributed by atoms with Crippen LogP contribution < -0.4 is 10.1 Å². The molecule has 2 unspecified atom stereocenters. The molecule has 38 heavy (non-hydrogen) atoms. The zero-order chi connectivity index (χ0) is 27.6. The molecule has 0 bridgehead atoms. The molecule has 13 heteroatoms. The predicted octanol–water partition coefficient (Wildman–Crippen LogP) is 3.85. The van der Waals surface area contributed by atoms with Crippen LogP contribution in [-0.2, 0) is 20.2 Å². The number of rotatable bonds is 10. The summed E-state index contributed by atoms with van der Waals surface area (Å²) in [6.07, 6.45) is 5.81. The lowest BCUT2D eigenvalue weighted by Crippen LogP contribution is -2.47. The summed E-state index contributed by atoms with van der Waals surface area (Å²) in [5, 5.41) is 12.7. The summed E-state index contributed by atoms with van der Waals surface area (Å²) < 4.78 is 35.4. The summed E-state index contributed by atoms with van der Waals surface area (Å²) >= 11 is -1.47. The summed E-state index contributed by atoms with van der Waals surface area (Å²) in [4.78, 5) is 9.32. The Kier molecular flexibility index (Phi) is 8.70. The van der Waals surface area contributed by atoms with E-state index in [4.69, 9.17) is 18.8 Å². The van der Waals surface area contributed by atoms with Gasteiger partial charge in [-0.3, -0.25) is 4.18 Å². The van der Waals surface area contributed by atoms with Crippen molar-refractivity contribution in [3.05, 3.63) is 18.6 Å². The third-order valence-electron chi connectivity index (χ3n) is 6.05. The number of anilines is 1. The molecule has 0 aliphatic carbocycles. The zero-order valence-corrected chi connectivity index (χ0v) is 24.4. The Balaban J connectivity index is 1.55. The molecule has 1 N–H and O–H groups in total. The Hall–Kier alpha value is -2.61. The average Bonchev–Trinajstić information content (AvgIpc) is 3.47. The lowest BCUT2D eigenvalue weighted by Gasteiger charge is -2.36. The van der Waals surface area contributed by atoms with Gasteiger partial charge >= 0.3 is 0 Å². The van der Waals surface area contributed by atoms with Crippen LogP contribution in [0.3, 0.4) is 0 Å². The number of nitrogens with one attached hydrogen (secondary N) is 1. The van der Waals surface area contributed by atoms with Gasteiger partial charge in [0.2, 0.25) is 23.1 Å². The molecule has 0 aromatic carbocycles. The van der Waals surface area contributed by atoms with E-state index in [1.54, 1.807) is 21.6 Å². The lowest BCUT2D eigenvalue weighted by molar-refractivity contribution is 0.0160. The van der Waals surface area contributed by atoms with Crippen LogP contribution in [0.1, 0.15) is 68.0 Å². The van der Waals surface area contributed by atoms with Gasteiger partial charge in [-0.2, -0.15) is 14.6 Å². The minimum absolute atomic E-state index is 0.0975. The Morgan fingerprint density at radius 3 is 2.66 bits per heavy atom. The van der Waals surface area contributed by atoms with Gasteiger partial charge in [-0.1, -0.05) is 6.92 Å². The molecule has 0 amide bonds. The number of fused-ring (bicyclic) bond motifs is 1. The summed E-state index contributed by atoms with van der Waals surface area (Å²) in [5.74, 6) is 1.20. The van der Waals surface area contributed by atoms with Crippen molar-refractivity contribution in [2.45, 2.75) is 85.8 Å². The molecule has 210 valence electrons. The molecule has 1 saturated heterocycles. The van der Waals surface area contributed by atoms with Gasteiger partial charge in [0.1, 0.15) is 11.9 Å². The van der Waals surface area contributed by atoms with Gasteiger partial charge in [-0.05, 0) is 60.8 Å². The normalized spacial score (nSPS) is 20.7. The van der Waals surface area contributed by atoms with Crippen LogP contribution in [0.5, 0.6) is 5.88 Å².